The molecule has 1 aliphatic rings. The smallest absolute Gasteiger partial charge is 0.275 e. The van der Waals surface area contributed by atoms with Crippen molar-refractivity contribution in [2.75, 3.05) is 0 Å². The molecule has 0 bridgehead atoms. The molecular formula is C17H12Cl2N2O. The van der Waals surface area contributed by atoms with Crippen LogP contribution in [0.15, 0.2) is 59.2 Å². The van der Waals surface area contributed by atoms with Crippen LogP contribution in [0, 0.1) is 0 Å². The maximum absolute atomic E-state index is 12.0. The molecule has 0 atom stereocenters. The standard InChI is InChI=1S/C17H12Cl2N2O/c18-13-7-6-12(14(19)10-13)9-15-17(22)21-16(20-15)8-11-4-2-1-3-5-11/h1-7,9-10H,8H2,(H,20,21,22)/b15-9-. The van der Waals surface area contributed by atoms with Gasteiger partial charge in [-0.05, 0) is 29.3 Å². The van der Waals surface area contributed by atoms with Crippen molar-refractivity contribution in [2.24, 2.45) is 4.99 Å². The van der Waals surface area contributed by atoms with Gasteiger partial charge in [-0.25, -0.2) is 4.99 Å². The number of nitrogens with one attached hydrogen (secondary N) is 1. The lowest BCUT2D eigenvalue weighted by Gasteiger charge is -1.99. The Labute approximate surface area is 138 Å². The highest BCUT2D eigenvalue weighted by Crippen LogP contribution is 2.24. The maximum Gasteiger partial charge on any atom is 0.275 e. The van der Waals surface area contributed by atoms with Gasteiger partial charge in [-0.2, -0.15) is 0 Å². The van der Waals surface area contributed by atoms with E-state index in [1.807, 2.05) is 30.3 Å². The Balaban J connectivity index is 1.85. The quantitative estimate of drug-likeness (QED) is 0.845. The van der Waals surface area contributed by atoms with Gasteiger partial charge >= 0.3 is 0 Å². The molecule has 1 aliphatic heterocycles. The zero-order chi connectivity index (χ0) is 15.5. The second-order valence-corrected chi connectivity index (χ2v) is 5.71. The first-order valence-corrected chi connectivity index (χ1v) is 7.47. The molecule has 2 aromatic carbocycles. The van der Waals surface area contributed by atoms with Gasteiger partial charge in [0.2, 0.25) is 0 Å². The average Bonchev–Trinajstić information content (AvgIpc) is 2.83. The fourth-order valence-corrected chi connectivity index (χ4v) is 2.62. The van der Waals surface area contributed by atoms with Crippen molar-refractivity contribution in [1.82, 2.24) is 5.32 Å². The van der Waals surface area contributed by atoms with E-state index in [0.29, 0.717) is 33.6 Å². The largest absolute Gasteiger partial charge is 0.308 e. The number of nitrogens with zero attached hydrogens (tertiary/aromatic N) is 1. The lowest BCUT2D eigenvalue weighted by atomic mass is 10.1. The molecule has 0 unspecified atom stereocenters. The maximum atomic E-state index is 12.0. The summed E-state index contributed by atoms with van der Waals surface area (Å²) < 4.78 is 0. The van der Waals surface area contributed by atoms with E-state index in [4.69, 9.17) is 23.2 Å². The molecule has 0 saturated carbocycles. The summed E-state index contributed by atoms with van der Waals surface area (Å²) in [6.45, 7) is 0. The fraction of sp³-hybridized carbons (Fsp3) is 0.0588. The first-order valence-electron chi connectivity index (χ1n) is 6.71. The van der Waals surface area contributed by atoms with E-state index in [-0.39, 0.29) is 5.91 Å². The number of rotatable bonds is 3. The molecule has 0 radical (unpaired) electrons. The van der Waals surface area contributed by atoms with Crippen molar-refractivity contribution in [2.45, 2.75) is 6.42 Å². The molecule has 1 N–H and O–H groups in total. The molecule has 1 heterocycles. The van der Waals surface area contributed by atoms with Crippen LogP contribution in [0.3, 0.4) is 0 Å². The van der Waals surface area contributed by atoms with Gasteiger partial charge in [0.05, 0.1) is 0 Å². The average molecular weight is 331 g/mol. The molecule has 3 nitrogen and oxygen atoms in total. The van der Waals surface area contributed by atoms with E-state index in [1.165, 1.54) is 0 Å². The molecule has 0 aromatic heterocycles. The number of carbonyl (C=O) groups is 1. The summed E-state index contributed by atoms with van der Waals surface area (Å²) in [5, 5.41) is 3.81. The number of amides is 1. The monoisotopic (exact) mass is 330 g/mol. The number of aliphatic imine (C=N–C) groups is 1. The van der Waals surface area contributed by atoms with Crippen LogP contribution in [0.25, 0.3) is 6.08 Å². The first-order chi connectivity index (χ1) is 10.6. The Morgan fingerprint density at radius 1 is 1.09 bits per heavy atom. The summed E-state index contributed by atoms with van der Waals surface area (Å²) in [7, 11) is 0. The van der Waals surface area contributed by atoms with Crippen LogP contribution in [-0.4, -0.2) is 11.7 Å². The molecule has 1 amide bonds. The predicted octanol–water partition coefficient (Wildman–Crippen LogP) is 4.11. The van der Waals surface area contributed by atoms with Crippen LogP contribution < -0.4 is 5.32 Å². The number of hydrogen-bond donors (Lipinski definition) is 1. The van der Waals surface area contributed by atoms with Crippen LogP contribution >= 0.6 is 23.2 Å². The summed E-state index contributed by atoms with van der Waals surface area (Å²) >= 11 is 12.0. The third kappa shape index (κ3) is 3.38. The van der Waals surface area contributed by atoms with Gasteiger partial charge in [-0.15, -0.1) is 0 Å². The third-order valence-corrected chi connectivity index (χ3v) is 3.78. The molecule has 0 saturated heterocycles. The molecular weight excluding hydrogens is 319 g/mol. The van der Waals surface area contributed by atoms with Crippen molar-refractivity contribution >= 4 is 41.0 Å². The minimum absolute atomic E-state index is 0.225. The zero-order valence-electron chi connectivity index (χ0n) is 11.5. The van der Waals surface area contributed by atoms with Crippen molar-refractivity contribution < 1.29 is 4.79 Å². The Bertz CT molecular complexity index is 783. The molecule has 2 aromatic rings. The van der Waals surface area contributed by atoms with Gasteiger partial charge in [0.1, 0.15) is 11.5 Å². The predicted molar refractivity (Wildman–Crippen MR) is 90.2 cm³/mol. The van der Waals surface area contributed by atoms with Crippen LogP contribution in [0.1, 0.15) is 11.1 Å². The van der Waals surface area contributed by atoms with Crippen molar-refractivity contribution in [3.05, 3.63) is 75.4 Å². The highest BCUT2D eigenvalue weighted by Gasteiger charge is 2.20. The number of benzene rings is 2. The zero-order valence-corrected chi connectivity index (χ0v) is 13.0. The van der Waals surface area contributed by atoms with Crippen molar-refractivity contribution in [3.8, 4) is 0 Å². The number of carbonyl (C=O) groups excluding carboxylic acids is 1. The molecule has 0 spiro atoms. The summed E-state index contributed by atoms with van der Waals surface area (Å²) in [5.74, 6) is 0.407. The topological polar surface area (TPSA) is 41.5 Å². The Morgan fingerprint density at radius 2 is 1.86 bits per heavy atom. The molecule has 22 heavy (non-hydrogen) atoms. The van der Waals surface area contributed by atoms with Crippen LogP contribution in [0.4, 0.5) is 0 Å². The van der Waals surface area contributed by atoms with Crippen LogP contribution in [0.2, 0.25) is 10.0 Å². The lowest BCUT2D eigenvalue weighted by Crippen LogP contribution is -2.25. The first kappa shape index (κ1) is 14.8. The summed E-state index contributed by atoms with van der Waals surface area (Å²) in [6, 6.07) is 15.0. The molecule has 5 heteroatoms. The van der Waals surface area contributed by atoms with Crippen molar-refractivity contribution in [3.63, 3.8) is 0 Å². The minimum Gasteiger partial charge on any atom is -0.308 e. The van der Waals surface area contributed by atoms with E-state index < -0.39 is 0 Å². The highest BCUT2D eigenvalue weighted by atomic mass is 35.5. The van der Waals surface area contributed by atoms with Gasteiger partial charge in [-0.1, -0.05) is 59.6 Å². The Morgan fingerprint density at radius 3 is 2.59 bits per heavy atom. The summed E-state index contributed by atoms with van der Waals surface area (Å²) in [4.78, 5) is 16.3. The molecule has 3 rings (SSSR count). The molecule has 0 fully saturated rings. The minimum atomic E-state index is -0.225. The Hall–Kier alpha value is -2.10. The molecule has 110 valence electrons. The van der Waals surface area contributed by atoms with Crippen LogP contribution in [-0.2, 0) is 11.2 Å². The van der Waals surface area contributed by atoms with E-state index >= 15 is 0 Å². The van der Waals surface area contributed by atoms with Gasteiger partial charge in [0.15, 0.2) is 0 Å². The van der Waals surface area contributed by atoms with E-state index in [1.54, 1.807) is 24.3 Å². The summed E-state index contributed by atoms with van der Waals surface area (Å²) in [5.41, 5.74) is 2.14. The second-order valence-electron chi connectivity index (χ2n) is 4.87. The normalized spacial score (nSPS) is 15.8. The highest BCUT2D eigenvalue weighted by molar-refractivity contribution is 6.35. The second kappa shape index (κ2) is 6.34. The van der Waals surface area contributed by atoms with Gasteiger partial charge in [0.25, 0.3) is 5.91 Å². The van der Waals surface area contributed by atoms with Gasteiger partial charge in [-0.3, -0.25) is 4.79 Å². The third-order valence-electron chi connectivity index (χ3n) is 3.21. The van der Waals surface area contributed by atoms with Gasteiger partial charge in [0, 0.05) is 16.5 Å². The number of hydrogen-bond acceptors (Lipinski definition) is 2. The Kier molecular flexibility index (Phi) is 4.27. The number of halogens is 2. The SMILES string of the molecule is O=C1NC(Cc2ccccc2)=N/C1=C\c1ccc(Cl)cc1Cl. The van der Waals surface area contributed by atoms with E-state index in [9.17, 15) is 4.79 Å². The fourth-order valence-electron chi connectivity index (χ4n) is 2.16. The van der Waals surface area contributed by atoms with E-state index in [0.717, 1.165) is 5.56 Å². The summed E-state index contributed by atoms with van der Waals surface area (Å²) in [6.07, 6.45) is 2.24. The van der Waals surface area contributed by atoms with Crippen molar-refractivity contribution in [1.29, 1.82) is 0 Å². The van der Waals surface area contributed by atoms with Gasteiger partial charge < -0.3 is 5.32 Å². The lowest BCUT2D eigenvalue weighted by molar-refractivity contribution is -0.115. The molecule has 0 aliphatic carbocycles. The van der Waals surface area contributed by atoms with E-state index in [2.05, 4.69) is 10.3 Å². The van der Waals surface area contributed by atoms with Crippen LogP contribution in [0.5, 0.6) is 0 Å². The number of amidine groups is 1.